The topological polar surface area (TPSA) is 79.2 Å². The first-order chi connectivity index (χ1) is 7.66. The Kier molecular flexibility index (Phi) is 3.05. The number of hydrogen-bond acceptors (Lipinski definition) is 3. The summed E-state index contributed by atoms with van der Waals surface area (Å²) < 4.78 is 0. The molecular weight excluding hydrogens is 206 g/mol. The third-order valence-electron chi connectivity index (χ3n) is 2.77. The lowest BCUT2D eigenvalue weighted by Crippen LogP contribution is -2.45. The normalized spacial score (nSPS) is 20.8. The summed E-state index contributed by atoms with van der Waals surface area (Å²) >= 11 is 0. The minimum Gasteiger partial charge on any atom is -0.337 e. The second-order valence-corrected chi connectivity index (χ2v) is 4.10. The van der Waals surface area contributed by atoms with Gasteiger partial charge < -0.3 is 15.6 Å². The molecule has 1 aromatic rings. The SMILES string of the molecule is N[C@@H]1CCCN(C(=O)c2cc[nH]c(=O)c2)C1. The van der Waals surface area contributed by atoms with Crippen molar-refractivity contribution >= 4 is 5.91 Å². The largest absolute Gasteiger partial charge is 0.337 e. The average molecular weight is 221 g/mol. The van der Waals surface area contributed by atoms with Crippen molar-refractivity contribution in [3.63, 3.8) is 0 Å². The maximum atomic E-state index is 12.0. The highest BCUT2D eigenvalue weighted by atomic mass is 16.2. The number of amides is 1. The molecule has 0 unspecified atom stereocenters. The molecule has 2 rings (SSSR count). The zero-order valence-corrected chi connectivity index (χ0v) is 8.98. The summed E-state index contributed by atoms with van der Waals surface area (Å²) in [6, 6.07) is 2.99. The predicted octanol–water partition coefficient (Wildman–Crippen LogP) is -0.0618. The van der Waals surface area contributed by atoms with Gasteiger partial charge in [-0.15, -0.1) is 0 Å². The van der Waals surface area contributed by atoms with Gasteiger partial charge in [0.1, 0.15) is 0 Å². The van der Waals surface area contributed by atoms with Crippen LogP contribution in [0.5, 0.6) is 0 Å². The van der Waals surface area contributed by atoms with Gasteiger partial charge in [-0.25, -0.2) is 0 Å². The Hall–Kier alpha value is -1.62. The molecule has 1 aliphatic rings. The maximum Gasteiger partial charge on any atom is 0.254 e. The molecule has 5 nitrogen and oxygen atoms in total. The lowest BCUT2D eigenvalue weighted by Gasteiger charge is -2.30. The van der Waals surface area contributed by atoms with E-state index in [9.17, 15) is 9.59 Å². The molecule has 3 N–H and O–H groups in total. The van der Waals surface area contributed by atoms with E-state index < -0.39 is 0 Å². The van der Waals surface area contributed by atoms with Crippen molar-refractivity contribution in [3.8, 4) is 0 Å². The molecule has 0 bridgehead atoms. The number of aromatic nitrogens is 1. The minimum atomic E-state index is -0.257. The summed E-state index contributed by atoms with van der Waals surface area (Å²) in [6.07, 6.45) is 3.37. The number of likely N-dealkylation sites (tertiary alicyclic amines) is 1. The zero-order valence-electron chi connectivity index (χ0n) is 8.98. The first-order valence-corrected chi connectivity index (χ1v) is 5.40. The third-order valence-corrected chi connectivity index (χ3v) is 2.77. The second kappa shape index (κ2) is 4.49. The van der Waals surface area contributed by atoms with E-state index in [4.69, 9.17) is 5.73 Å². The molecule has 1 amide bonds. The lowest BCUT2D eigenvalue weighted by atomic mass is 10.1. The number of hydrogen-bond donors (Lipinski definition) is 2. The van der Waals surface area contributed by atoms with Crippen molar-refractivity contribution in [1.29, 1.82) is 0 Å². The van der Waals surface area contributed by atoms with Crippen LogP contribution < -0.4 is 11.3 Å². The standard InChI is InChI=1S/C11H15N3O2/c12-9-2-1-5-14(7-9)11(16)8-3-4-13-10(15)6-8/h3-4,6,9H,1-2,5,7,12H2,(H,13,15)/t9-/m1/s1. The molecule has 1 atom stereocenters. The molecule has 0 spiro atoms. The summed E-state index contributed by atoms with van der Waals surface area (Å²) in [7, 11) is 0. The fourth-order valence-electron chi connectivity index (χ4n) is 1.95. The van der Waals surface area contributed by atoms with Crippen molar-refractivity contribution in [1.82, 2.24) is 9.88 Å². The molecule has 1 fully saturated rings. The van der Waals surface area contributed by atoms with Crippen LogP contribution in [0.1, 0.15) is 23.2 Å². The van der Waals surface area contributed by atoms with E-state index in [0.717, 1.165) is 19.4 Å². The smallest absolute Gasteiger partial charge is 0.254 e. The van der Waals surface area contributed by atoms with Gasteiger partial charge in [0.05, 0.1) is 0 Å². The van der Waals surface area contributed by atoms with E-state index >= 15 is 0 Å². The number of rotatable bonds is 1. The molecule has 0 aromatic carbocycles. The van der Waals surface area contributed by atoms with Crippen LogP contribution in [0.3, 0.4) is 0 Å². The van der Waals surface area contributed by atoms with Gasteiger partial charge in [0.2, 0.25) is 5.56 Å². The molecule has 0 saturated carbocycles. The second-order valence-electron chi connectivity index (χ2n) is 4.10. The summed E-state index contributed by atoms with van der Waals surface area (Å²) in [4.78, 5) is 27.3. The Bertz CT molecular complexity index is 441. The van der Waals surface area contributed by atoms with Crippen LogP contribution in [0.15, 0.2) is 23.1 Å². The first kappa shape index (κ1) is 10.9. The number of nitrogens with two attached hydrogens (primary N) is 1. The lowest BCUT2D eigenvalue weighted by molar-refractivity contribution is 0.0708. The Labute approximate surface area is 93.3 Å². The van der Waals surface area contributed by atoms with Gasteiger partial charge in [0.15, 0.2) is 0 Å². The highest BCUT2D eigenvalue weighted by Gasteiger charge is 2.22. The molecule has 1 aromatic heterocycles. The first-order valence-electron chi connectivity index (χ1n) is 5.40. The van der Waals surface area contributed by atoms with E-state index in [1.807, 2.05) is 0 Å². The van der Waals surface area contributed by atoms with Gasteiger partial charge in [0, 0.05) is 37.0 Å². The maximum absolute atomic E-state index is 12.0. The molecular formula is C11H15N3O2. The quantitative estimate of drug-likeness (QED) is 0.697. The van der Waals surface area contributed by atoms with Crippen molar-refractivity contribution in [2.75, 3.05) is 13.1 Å². The van der Waals surface area contributed by atoms with Gasteiger partial charge in [-0.2, -0.15) is 0 Å². The summed E-state index contributed by atoms with van der Waals surface area (Å²) in [5.41, 5.74) is 5.98. The molecule has 16 heavy (non-hydrogen) atoms. The monoisotopic (exact) mass is 221 g/mol. The van der Waals surface area contributed by atoms with Gasteiger partial charge in [-0.3, -0.25) is 9.59 Å². The van der Waals surface area contributed by atoms with E-state index in [-0.39, 0.29) is 17.5 Å². The van der Waals surface area contributed by atoms with Crippen LogP contribution in [0.25, 0.3) is 0 Å². The molecule has 0 aliphatic carbocycles. The molecule has 0 radical (unpaired) electrons. The zero-order chi connectivity index (χ0) is 11.5. The predicted molar refractivity (Wildman–Crippen MR) is 60.2 cm³/mol. The van der Waals surface area contributed by atoms with Crippen molar-refractivity contribution in [2.45, 2.75) is 18.9 Å². The Balaban J connectivity index is 2.15. The van der Waals surface area contributed by atoms with E-state index in [0.29, 0.717) is 12.1 Å². The Morgan fingerprint density at radius 3 is 3.06 bits per heavy atom. The number of carbonyl (C=O) groups excluding carboxylic acids is 1. The molecule has 1 aliphatic heterocycles. The molecule has 5 heteroatoms. The van der Waals surface area contributed by atoms with Crippen molar-refractivity contribution in [2.24, 2.45) is 5.73 Å². The van der Waals surface area contributed by atoms with Crippen molar-refractivity contribution in [3.05, 3.63) is 34.2 Å². The fourth-order valence-corrected chi connectivity index (χ4v) is 1.95. The number of carbonyl (C=O) groups is 1. The average Bonchev–Trinajstić information content (AvgIpc) is 2.28. The van der Waals surface area contributed by atoms with Crippen LogP contribution in [-0.4, -0.2) is 34.9 Å². The van der Waals surface area contributed by atoms with Gasteiger partial charge in [-0.1, -0.05) is 0 Å². The fraction of sp³-hybridized carbons (Fsp3) is 0.455. The number of nitrogens with one attached hydrogen (secondary N) is 1. The summed E-state index contributed by atoms with van der Waals surface area (Å²) in [6.45, 7) is 1.30. The Morgan fingerprint density at radius 1 is 1.56 bits per heavy atom. The Morgan fingerprint density at radius 2 is 2.38 bits per heavy atom. The van der Waals surface area contributed by atoms with Gasteiger partial charge in [0.25, 0.3) is 5.91 Å². The number of H-pyrrole nitrogens is 1. The number of piperidine rings is 1. The van der Waals surface area contributed by atoms with Crippen LogP contribution in [0.2, 0.25) is 0 Å². The van der Waals surface area contributed by atoms with E-state index in [1.165, 1.54) is 12.3 Å². The minimum absolute atomic E-state index is 0.0553. The van der Waals surface area contributed by atoms with Gasteiger partial charge >= 0.3 is 0 Å². The number of aromatic amines is 1. The summed E-state index contributed by atoms with van der Waals surface area (Å²) in [5, 5.41) is 0. The van der Waals surface area contributed by atoms with Crippen LogP contribution >= 0.6 is 0 Å². The molecule has 1 saturated heterocycles. The summed E-state index contributed by atoms with van der Waals surface area (Å²) in [5.74, 6) is -0.110. The number of nitrogens with zero attached hydrogens (tertiary/aromatic N) is 1. The molecule has 86 valence electrons. The highest BCUT2D eigenvalue weighted by Crippen LogP contribution is 2.11. The van der Waals surface area contributed by atoms with Crippen LogP contribution in [-0.2, 0) is 0 Å². The van der Waals surface area contributed by atoms with Crippen LogP contribution in [0.4, 0.5) is 0 Å². The number of pyridine rings is 1. The van der Waals surface area contributed by atoms with E-state index in [2.05, 4.69) is 4.98 Å². The van der Waals surface area contributed by atoms with Gasteiger partial charge in [-0.05, 0) is 18.9 Å². The van der Waals surface area contributed by atoms with Crippen molar-refractivity contribution < 1.29 is 4.79 Å². The van der Waals surface area contributed by atoms with E-state index in [1.54, 1.807) is 11.0 Å². The highest BCUT2D eigenvalue weighted by molar-refractivity contribution is 5.94. The third kappa shape index (κ3) is 2.30. The van der Waals surface area contributed by atoms with Crippen LogP contribution in [0, 0.1) is 0 Å². The molecule has 2 heterocycles.